The van der Waals surface area contributed by atoms with E-state index in [4.69, 9.17) is 0 Å². The second-order valence-electron chi connectivity index (χ2n) is 7.37. The van der Waals surface area contributed by atoms with Crippen molar-refractivity contribution in [2.24, 2.45) is 5.92 Å². The van der Waals surface area contributed by atoms with Crippen molar-refractivity contribution in [3.05, 3.63) is 0 Å². The van der Waals surface area contributed by atoms with Crippen molar-refractivity contribution < 1.29 is 0 Å². The molecule has 2 rings (SSSR count). The standard InChI is InChI=1S/C17H34N2/c1-5-15(6-2)19-13-17(3,4)18-12-16(19)14-10-8-7-9-11-14/h14-16,18H,5-13H2,1-4H3. The molecule has 0 amide bonds. The molecule has 1 atom stereocenters. The summed E-state index contributed by atoms with van der Waals surface area (Å²) in [4.78, 5) is 2.87. The first kappa shape index (κ1) is 15.3. The molecule has 112 valence electrons. The van der Waals surface area contributed by atoms with E-state index in [1.54, 1.807) is 0 Å². The third-order valence-electron chi connectivity index (χ3n) is 5.40. The van der Waals surface area contributed by atoms with Gasteiger partial charge in [0, 0.05) is 30.7 Å². The molecule has 2 heteroatoms. The van der Waals surface area contributed by atoms with E-state index in [1.807, 2.05) is 0 Å². The molecule has 1 N–H and O–H groups in total. The van der Waals surface area contributed by atoms with Gasteiger partial charge in [-0.3, -0.25) is 4.90 Å². The lowest BCUT2D eigenvalue weighted by Gasteiger charge is -2.51. The highest BCUT2D eigenvalue weighted by atomic mass is 15.3. The van der Waals surface area contributed by atoms with Gasteiger partial charge in [0.05, 0.1) is 0 Å². The topological polar surface area (TPSA) is 15.3 Å². The maximum Gasteiger partial charge on any atom is 0.0253 e. The highest BCUT2D eigenvalue weighted by molar-refractivity contribution is 4.97. The summed E-state index contributed by atoms with van der Waals surface area (Å²) < 4.78 is 0. The van der Waals surface area contributed by atoms with Gasteiger partial charge in [-0.05, 0) is 45.4 Å². The van der Waals surface area contributed by atoms with Crippen LogP contribution in [0.2, 0.25) is 0 Å². The first-order chi connectivity index (χ1) is 9.07. The smallest absolute Gasteiger partial charge is 0.0253 e. The van der Waals surface area contributed by atoms with Crippen molar-refractivity contribution in [2.75, 3.05) is 13.1 Å². The quantitative estimate of drug-likeness (QED) is 0.832. The van der Waals surface area contributed by atoms with Crippen molar-refractivity contribution in [3.8, 4) is 0 Å². The number of rotatable bonds is 4. The van der Waals surface area contributed by atoms with E-state index in [9.17, 15) is 0 Å². The Hall–Kier alpha value is -0.0800. The van der Waals surface area contributed by atoms with Crippen molar-refractivity contribution in [3.63, 3.8) is 0 Å². The molecule has 1 heterocycles. The second kappa shape index (κ2) is 6.58. The van der Waals surface area contributed by atoms with Gasteiger partial charge in [0.25, 0.3) is 0 Å². The van der Waals surface area contributed by atoms with Crippen molar-refractivity contribution in [1.29, 1.82) is 0 Å². The molecule has 0 aromatic rings. The van der Waals surface area contributed by atoms with Crippen LogP contribution in [0.4, 0.5) is 0 Å². The molecular weight excluding hydrogens is 232 g/mol. The number of piperazine rings is 1. The fourth-order valence-corrected chi connectivity index (χ4v) is 4.24. The lowest BCUT2D eigenvalue weighted by atomic mass is 9.80. The van der Waals surface area contributed by atoms with Crippen LogP contribution < -0.4 is 5.32 Å². The van der Waals surface area contributed by atoms with E-state index in [-0.39, 0.29) is 5.54 Å². The summed E-state index contributed by atoms with van der Waals surface area (Å²) in [5.41, 5.74) is 0.285. The van der Waals surface area contributed by atoms with E-state index in [2.05, 4.69) is 37.9 Å². The van der Waals surface area contributed by atoms with E-state index < -0.39 is 0 Å². The van der Waals surface area contributed by atoms with Crippen molar-refractivity contribution in [1.82, 2.24) is 10.2 Å². The van der Waals surface area contributed by atoms with Crippen LogP contribution >= 0.6 is 0 Å². The predicted octanol–water partition coefficient (Wildman–Crippen LogP) is 3.81. The van der Waals surface area contributed by atoms with Gasteiger partial charge in [0.15, 0.2) is 0 Å². The predicted molar refractivity (Wildman–Crippen MR) is 83.5 cm³/mol. The summed E-state index contributed by atoms with van der Waals surface area (Å²) in [6.07, 6.45) is 9.91. The van der Waals surface area contributed by atoms with Crippen LogP contribution in [0.5, 0.6) is 0 Å². The van der Waals surface area contributed by atoms with E-state index in [1.165, 1.54) is 58.0 Å². The van der Waals surface area contributed by atoms with Crippen LogP contribution in [0.1, 0.15) is 72.6 Å². The minimum atomic E-state index is 0.285. The van der Waals surface area contributed by atoms with Crippen LogP contribution in [0.3, 0.4) is 0 Å². The lowest BCUT2D eigenvalue weighted by molar-refractivity contribution is 0.0119. The van der Waals surface area contributed by atoms with Gasteiger partial charge in [-0.1, -0.05) is 33.1 Å². The Morgan fingerprint density at radius 2 is 1.74 bits per heavy atom. The highest BCUT2D eigenvalue weighted by Crippen LogP contribution is 2.33. The van der Waals surface area contributed by atoms with Crippen LogP contribution in [0, 0.1) is 5.92 Å². The van der Waals surface area contributed by atoms with Gasteiger partial charge < -0.3 is 5.32 Å². The summed E-state index contributed by atoms with van der Waals surface area (Å²) in [5.74, 6) is 0.943. The molecule has 19 heavy (non-hydrogen) atoms. The molecule has 0 aromatic carbocycles. The van der Waals surface area contributed by atoms with Gasteiger partial charge in [-0.25, -0.2) is 0 Å². The molecule has 1 saturated carbocycles. The van der Waals surface area contributed by atoms with Gasteiger partial charge in [0.1, 0.15) is 0 Å². The largest absolute Gasteiger partial charge is 0.309 e. The molecule has 2 aliphatic rings. The number of hydrogen-bond donors (Lipinski definition) is 1. The molecule has 0 spiro atoms. The Labute approximate surface area is 120 Å². The summed E-state index contributed by atoms with van der Waals surface area (Å²) in [5, 5.41) is 3.80. The Balaban J connectivity index is 2.09. The van der Waals surface area contributed by atoms with Gasteiger partial charge in [-0.2, -0.15) is 0 Å². The minimum Gasteiger partial charge on any atom is -0.309 e. The van der Waals surface area contributed by atoms with Crippen LogP contribution in [-0.2, 0) is 0 Å². The molecule has 0 aromatic heterocycles. The minimum absolute atomic E-state index is 0.285. The normalized spacial score (nSPS) is 29.8. The monoisotopic (exact) mass is 266 g/mol. The molecular formula is C17H34N2. The van der Waals surface area contributed by atoms with Gasteiger partial charge in [0.2, 0.25) is 0 Å². The molecule has 1 saturated heterocycles. The molecule has 1 aliphatic heterocycles. The number of nitrogens with one attached hydrogen (secondary N) is 1. The average Bonchev–Trinajstić information content (AvgIpc) is 2.40. The van der Waals surface area contributed by atoms with E-state index >= 15 is 0 Å². The van der Waals surface area contributed by atoms with Crippen LogP contribution in [-0.4, -0.2) is 35.6 Å². The Bertz CT molecular complexity index is 264. The first-order valence-electron chi connectivity index (χ1n) is 8.58. The Kier molecular flexibility index (Phi) is 5.30. The fourth-order valence-electron chi connectivity index (χ4n) is 4.24. The lowest BCUT2D eigenvalue weighted by Crippen LogP contribution is -2.65. The van der Waals surface area contributed by atoms with E-state index in [0.29, 0.717) is 0 Å². The maximum atomic E-state index is 3.80. The summed E-state index contributed by atoms with van der Waals surface area (Å²) in [7, 11) is 0. The SMILES string of the molecule is CCC(CC)N1CC(C)(C)NCC1C1CCCCC1. The summed E-state index contributed by atoms with van der Waals surface area (Å²) >= 11 is 0. The molecule has 2 fully saturated rings. The van der Waals surface area contributed by atoms with Crippen LogP contribution in [0.25, 0.3) is 0 Å². The Morgan fingerprint density at radius 1 is 1.11 bits per heavy atom. The molecule has 2 nitrogen and oxygen atoms in total. The maximum absolute atomic E-state index is 3.80. The average molecular weight is 266 g/mol. The Morgan fingerprint density at radius 3 is 2.32 bits per heavy atom. The third-order valence-corrected chi connectivity index (χ3v) is 5.40. The van der Waals surface area contributed by atoms with E-state index in [0.717, 1.165) is 18.0 Å². The van der Waals surface area contributed by atoms with Gasteiger partial charge >= 0.3 is 0 Å². The zero-order valence-electron chi connectivity index (χ0n) is 13.5. The zero-order chi connectivity index (χ0) is 13.9. The summed E-state index contributed by atoms with van der Waals surface area (Å²) in [6, 6.07) is 1.58. The summed E-state index contributed by atoms with van der Waals surface area (Å²) in [6.45, 7) is 11.9. The van der Waals surface area contributed by atoms with Gasteiger partial charge in [-0.15, -0.1) is 0 Å². The number of hydrogen-bond acceptors (Lipinski definition) is 2. The van der Waals surface area contributed by atoms with Crippen molar-refractivity contribution in [2.45, 2.75) is 90.3 Å². The molecule has 1 aliphatic carbocycles. The molecule has 1 unspecified atom stereocenters. The molecule has 0 bridgehead atoms. The van der Waals surface area contributed by atoms with Crippen LogP contribution in [0.15, 0.2) is 0 Å². The number of nitrogens with zero attached hydrogens (tertiary/aromatic N) is 1. The van der Waals surface area contributed by atoms with Crippen molar-refractivity contribution >= 4 is 0 Å². The zero-order valence-corrected chi connectivity index (χ0v) is 13.5. The fraction of sp³-hybridized carbons (Fsp3) is 1.00. The first-order valence-corrected chi connectivity index (χ1v) is 8.58. The second-order valence-corrected chi connectivity index (χ2v) is 7.37. The highest BCUT2D eigenvalue weighted by Gasteiger charge is 2.39. The molecule has 0 radical (unpaired) electrons. The third kappa shape index (κ3) is 3.72.